The lowest BCUT2D eigenvalue weighted by molar-refractivity contribution is -0.134. The summed E-state index contributed by atoms with van der Waals surface area (Å²) in [6, 6.07) is 2.56. The summed E-state index contributed by atoms with van der Waals surface area (Å²) < 4.78 is 0. The van der Waals surface area contributed by atoms with Crippen molar-refractivity contribution in [2.24, 2.45) is 0 Å². The standard InChI is InChI=1S/C7H5NO4.C2H4O2/c9-6(10)4-2-1-3-8-5(4)7(11)12;1-2(3)4/h1-3H,(H,9,10)(H,11,12);1H3,(H,3,4). The van der Waals surface area contributed by atoms with Crippen LogP contribution in [-0.2, 0) is 4.79 Å². The maximum Gasteiger partial charge on any atom is 0.355 e. The molecule has 3 N–H and O–H groups in total. The lowest BCUT2D eigenvalue weighted by atomic mass is 10.2. The molecule has 0 saturated carbocycles. The van der Waals surface area contributed by atoms with Gasteiger partial charge in [-0.05, 0) is 12.1 Å². The number of nitrogens with zero attached hydrogens (tertiary/aromatic N) is 1. The van der Waals surface area contributed by atoms with Crippen molar-refractivity contribution in [1.82, 2.24) is 4.98 Å². The van der Waals surface area contributed by atoms with Crippen LogP contribution in [0.4, 0.5) is 0 Å². The van der Waals surface area contributed by atoms with E-state index in [9.17, 15) is 9.59 Å². The van der Waals surface area contributed by atoms with Crippen LogP contribution in [0.3, 0.4) is 0 Å². The Hall–Kier alpha value is -2.44. The smallest absolute Gasteiger partial charge is 0.355 e. The summed E-state index contributed by atoms with van der Waals surface area (Å²) in [4.78, 5) is 33.2. The molecule has 0 atom stereocenters. The van der Waals surface area contributed by atoms with Crippen LogP contribution in [0.2, 0.25) is 0 Å². The summed E-state index contributed by atoms with van der Waals surface area (Å²) in [5.74, 6) is -3.46. The van der Waals surface area contributed by atoms with Crippen molar-refractivity contribution >= 4 is 17.9 Å². The van der Waals surface area contributed by atoms with Crippen LogP contribution >= 0.6 is 0 Å². The molecular weight excluding hydrogens is 218 g/mol. The molecule has 0 saturated heterocycles. The van der Waals surface area contributed by atoms with Gasteiger partial charge in [-0.25, -0.2) is 14.6 Å². The SMILES string of the molecule is CC(=O)O.O=C(O)c1cccnc1C(=O)O. The largest absolute Gasteiger partial charge is 0.481 e. The molecule has 7 nitrogen and oxygen atoms in total. The minimum Gasteiger partial charge on any atom is -0.481 e. The molecule has 0 radical (unpaired) electrons. The lowest BCUT2D eigenvalue weighted by Crippen LogP contribution is -2.09. The maximum absolute atomic E-state index is 10.4. The van der Waals surface area contributed by atoms with Gasteiger partial charge in [-0.3, -0.25) is 4.79 Å². The molecule has 0 amide bonds. The van der Waals surface area contributed by atoms with Gasteiger partial charge in [0.15, 0.2) is 5.69 Å². The van der Waals surface area contributed by atoms with Gasteiger partial charge in [0.1, 0.15) is 0 Å². The fourth-order valence-corrected chi connectivity index (χ4v) is 0.748. The number of aromatic nitrogens is 1. The molecule has 0 aliphatic heterocycles. The van der Waals surface area contributed by atoms with Crippen molar-refractivity contribution in [3.63, 3.8) is 0 Å². The zero-order chi connectivity index (χ0) is 12.7. The molecule has 16 heavy (non-hydrogen) atoms. The van der Waals surface area contributed by atoms with Gasteiger partial charge in [-0.15, -0.1) is 0 Å². The van der Waals surface area contributed by atoms with Gasteiger partial charge < -0.3 is 15.3 Å². The van der Waals surface area contributed by atoms with Crippen LogP contribution in [0.25, 0.3) is 0 Å². The average Bonchev–Trinajstić information content (AvgIpc) is 2.16. The Bertz CT molecular complexity index is 377. The molecule has 0 fully saturated rings. The van der Waals surface area contributed by atoms with Crippen LogP contribution in [0, 0.1) is 0 Å². The first-order valence-electron chi connectivity index (χ1n) is 3.97. The number of carboxylic acid groups (broad SMARTS) is 3. The van der Waals surface area contributed by atoms with Gasteiger partial charge in [0.05, 0.1) is 5.56 Å². The first kappa shape index (κ1) is 13.6. The molecule has 7 heteroatoms. The molecular formula is C9H9NO6. The normalized spacial score (nSPS) is 8.56. The van der Waals surface area contributed by atoms with Crippen LogP contribution in [-0.4, -0.2) is 38.2 Å². The Morgan fingerprint density at radius 3 is 1.94 bits per heavy atom. The monoisotopic (exact) mass is 227 g/mol. The molecule has 0 unspecified atom stereocenters. The molecule has 1 heterocycles. The topological polar surface area (TPSA) is 125 Å². The highest BCUT2D eigenvalue weighted by atomic mass is 16.4. The van der Waals surface area contributed by atoms with E-state index in [1.807, 2.05) is 0 Å². The van der Waals surface area contributed by atoms with Gasteiger partial charge in [-0.2, -0.15) is 0 Å². The Kier molecular flexibility index (Phi) is 5.19. The van der Waals surface area contributed by atoms with Gasteiger partial charge in [-0.1, -0.05) is 0 Å². The van der Waals surface area contributed by atoms with Gasteiger partial charge >= 0.3 is 11.9 Å². The van der Waals surface area contributed by atoms with E-state index in [4.69, 9.17) is 20.1 Å². The zero-order valence-corrected chi connectivity index (χ0v) is 8.25. The van der Waals surface area contributed by atoms with Crippen LogP contribution in [0.1, 0.15) is 27.8 Å². The van der Waals surface area contributed by atoms with Crippen molar-refractivity contribution in [3.8, 4) is 0 Å². The van der Waals surface area contributed by atoms with Crippen molar-refractivity contribution in [3.05, 3.63) is 29.6 Å². The third-order valence-electron chi connectivity index (χ3n) is 1.24. The molecule has 0 aliphatic carbocycles. The number of hydrogen-bond acceptors (Lipinski definition) is 4. The van der Waals surface area contributed by atoms with Crippen molar-refractivity contribution in [2.75, 3.05) is 0 Å². The number of carboxylic acids is 3. The average molecular weight is 227 g/mol. The molecule has 0 spiro atoms. The fourth-order valence-electron chi connectivity index (χ4n) is 0.748. The number of rotatable bonds is 2. The summed E-state index contributed by atoms with van der Waals surface area (Å²) in [6.07, 6.45) is 1.23. The highest BCUT2D eigenvalue weighted by Crippen LogP contribution is 2.04. The van der Waals surface area contributed by atoms with E-state index in [0.29, 0.717) is 0 Å². The Balaban J connectivity index is 0.000000487. The number of carbonyl (C=O) groups is 3. The highest BCUT2D eigenvalue weighted by Gasteiger charge is 2.15. The van der Waals surface area contributed by atoms with Crippen molar-refractivity contribution in [1.29, 1.82) is 0 Å². The van der Waals surface area contributed by atoms with Gasteiger partial charge in [0.25, 0.3) is 5.97 Å². The van der Waals surface area contributed by atoms with E-state index in [-0.39, 0.29) is 5.56 Å². The third kappa shape index (κ3) is 4.70. The van der Waals surface area contributed by atoms with E-state index in [1.165, 1.54) is 18.3 Å². The second-order valence-corrected chi connectivity index (χ2v) is 2.53. The zero-order valence-electron chi connectivity index (χ0n) is 8.25. The van der Waals surface area contributed by atoms with Crippen molar-refractivity contribution < 1.29 is 29.7 Å². The van der Waals surface area contributed by atoms with Crippen molar-refractivity contribution in [2.45, 2.75) is 6.92 Å². The maximum atomic E-state index is 10.4. The van der Waals surface area contributed by atoms with Crippen LogP contribution in [0.15, 0.2) is 18.3 Å². The summed E-state index contributed by atoms with van der Waals surface area (Å²) in [5.41, 5.74) is -0.741. The summed E-state index contributed by atoms with van der Waals surface area (Å²) >= 11 is 0. The number of aromatic carboxylic acids is 2. The Labute approximate surface area is 90.0 Å². The first-order chi connectivity index (χ1) is 7.36. The molecule has 1 rings (SSSR count). The molecule has 1 aromatic rings. The van der Waals surface area contributed by atoms with Crippen LogP contribution < -0.4 is 0 Å². The molecule has 86 valence electrons. The minimum atomic E-state index is -1.34. The first-order valence-corrected chi connectivity index (χ1v) is 3.97. The van der Waals surface area contributed by atoms with E-state index in [0.717, 1.165) is 6.92 Å². The Morgan fingerprint density at radius 2 is 1.62 bits per heavy atom. The Morgan fingerprint density at radius 1 is 1.12 bits per heavy atom. The fraction of sp³-hybridized carbons (Fsp3) is 0.111. The minimum absolute atomic E-state index is 0.301. The van der Waals surface area contributed by atoms with E-state index >= 15 is 0 Å². The highest BCUT2D eigenvalue weighted by molar-refractivity contribution is 5.99. The van der Waals surface area contributed by atoms with E-state index < -0.39 is 23.6 Å². The molecule has 1 aromatic heterocycles. The second kappa shape index (κ2) is 6.12. The van der Waals surface area contributed by atoms with E-state index in [1.54, 1.807) is 0 Å². The third-order valence-corrected chi connectivity index (χ3v) is 1.24. The summed E-state index contributed by atoms with van der Waals surface area (Å²) in [7, 11) is 0. The predicted octanol–water partition coefficient (Wildman–Crippen LogP) is 0.569. The van der Waals surface area contributed by atoms with Gasteiger partial charge in [0, 0.05) is 13.1 Å². The number of hydrogen-bond donors (Lipinski definition) is 3. The summed E-state index contributed by atoms with van der Waals surface area (Å²) in [5, 5.41) is 24.4. The summed E-state index contributed by atoms with van der Waals surface area (Å²) in [6.45, 7) is 1.08. The van der Waals surface area contributed by atoms with Crippen LogP contribution in [0.5, 0.6) is 0 Å². The number of aliphatic carboxylic acids is 1. The number of pyridine rings is 1. The predicted molar refractivity (Wildman–Crippen MR) is 51.5 cm³/mol. The lowest BCUT2D eigenvalue weighted by Gasteiger charge is -1.97. The molecule has 0 aromatic carbocycles. The quantitative estimate of drug-likeness (QED) is 0.674. The molecule has 0 aliphatic rings. The van der Waals surface area contributed by atoms with Gasteiger partial charge in [0.2, 0.25) is 0 Å². The molecule has 0 bridgehead atoms. The van der Waals surface area contributed by atoms with E-state index in [2.05, 4.69) is 4.98 Å². The second-order valence-electron chi connectivity index (χ2n) is 2.53.